The Morgan fingerprint density at radius 3 is 2.22 bits per heavy atom. The maximum atomic E-state index is 2.63. The highest BCUT2D eigenvalue weighted by Crippen LogP contribution is 2.31. The molecule has 0 saturated carbocycles. The van der Waals surface area contributed by atoms with Crippen molar-refractivity contribution in [3.05, 3.63) is 42.0 Å². The fourth-order valence-corrected chi connectivity index (χ4v) is 4.21. The number of hydrogen-bond donors (Lipinski definition) is 0. The minimum absolute atomic E-state index is 1.12. The first-order valence-electron chi connectivity index (χ1n) is 9.39. The summed E-state index contributed by atoms with van der Waals surface area (Å²) in [5.41, 5.74) is 2.96. The second kappa shape index (κ2) is 6.92. The lowest BCUT2D eigenvalue weighted by Crippen LogP contribution is -2.30. The first-order chi connectivity index (χ1) is 11.4. The van der Waals surface area contributed by atoms with Gasteiger partial charge in [-0.25, -0.2) is 0 Å². The smallest absolute Gasteiger partial charge is 0.0449 e. The molecule has 2 heterocycles. The summed E-state index contributed by atoms with van der Waals surface area (Å²) in [6.07, 6.45) is 8.21. The Morgan fingerprint density at radius 2 is 1.43 bits per heavy atom. The normalized spacial score (nSPS) is 20.1. The lowest BCUT2D eigenvalue weighted by atomic mass is 10.0. The Morgan fingerprint density at radius 1 is 0.739 bits per heavy atom. The zero-order chi connectivity index (χ0) is 15.5. The zero-order valence-electron chi connectivity index (χ0n) is 14.1. The molecule has 0 N–H and O–H groups in total. The van der Waals surface area contributed by atoms with Crippen molar-refractivity contribution in [2.24, 2.45) is 0 Å². The molecule has 0 spiro atoms. The van der Waals surface area contributed by atoms with Gasteiger partial charge in [-0.05, 0) is 68.3 Å². The molecule has 2 saturated heterocycles. The number of likely N-dealkylation sites (tertiary alicyclic amines) is 1. The second-order valence-electron chi connectivity index (χ2n) is 7.22. The zero-order valence-corrected chi connectivity index (χ0v) is 14.1. The van der Waals surface area contributed by atoms with E-state index in [-0.39, 0.29) is 0 Å². The standard InChI is InChI=1S/C21H28N2/c1-5-11-22(12-6-1)17-18-15-19-9-3-4-10-20(19)21(16-18)23-13-7-2-8-14-23/h3-4,9-10,15-16H,1-2,5-8,11-14,17H2. The van der Waals surface area contributed by atoms with Crippen LogP contribution in [0.5, 0.6) is 0 Å². The monoisotopic (exact) mass is 308 g/mol. The fraction of sp³-hybridized carbons (Fsp3) is 0.524. The van der Waals surface area contributed by atoms with Crippen molar-refractivity contribution in [3.8, 4) is 0 Å². The molecule has 122 valence electrons. The van der Waals surface area contributed by atoms with Gasteiger partial charge in [-0.2, -0.15) is 0 Å². The molecule has 2 aromatic rings. The topological polar surface area (TPSA) is 6.48 Å². The van der Waals surface area contributed by atoms with Crippen LogP contribution in [0.15, 0.2) is 36.4 Å². The van der Waals surface area contributed by atoms with Crippen molar-refractivity contribution >= 4 is 16.5 Å². The van der Waals surface area contributed by atoms with Crippen LogP contribution in [0.3, 0.4) is 0 Å². The molecule has 0 unspecified atom stereocenters. The van der Waals surface area contributed by atoms with E-state index in [1.54, 1.807) is 0 Å². The van der Waals surface area contributed by atoms with Crippen molar-refractivity contribution in [1.29, 1.82) is 0 Å². The Kier molecular flexibility index (Phi) is 4.52. The van der Waals surface area contributed by atoms with Gasteiger partial charge < -0.3 is 4.90 Å². The average Bonchev–Trinajstić information content (AvgIpc) is 2.63. The van der Waals surface area contributed by atoms with Gasteiger partial charge in [-0.3, -0.25) is 4.90 Å². The quantitative estimate of drug-likeness (QED) is 0.802. The summed E-state index contributed by atoms with van der Waals surface area (Å²) in [5, 5.41) is 2.83. The van der Waals surface area contributed by atoms with Gasteiger partial charge in [-0.15, -0.1) is 0 Å². The molecule has 2 nitrogen and oxygen atoms in total. The van der Waals surface area contributed by atoms with Crippen LogP contribution in [0.25, 0.3) is 10.8 Å². The van der Waals surface area contributed by atoms with Crippen LogP contribution in [0.1, 0.15) is 44.1 Å². The summed E-state index contributed by atoms with van der Waals surface area (Å²) >= 11 is 0. The molecular weight excluding hydrogens is 280 g/mol. The maximum Gasteiger partial charge on any atom is 0.0449 e. The molecule has 2 aromatic carbocycles. The van der Waals surface area contributed by atoms with Gasteiger partial charge in [0.2, 0.25) is 0 Å². The van der Waals surface area contributed by atoms with Crippen molar-refractivity contribution < 1.29 is 0 Å². The first kappa shape index (κ1) is 15.0. The lowest BCUT2D eigenvalue weighted by molar-refractivity contribution is 0.221. The maximum absolute atomic E-state index is 2.63. The Balaban J connectivity index is 1.67. The summed E-state index contributed by atoms with van der Waals surface area (Å²) in [4.78, 5) is 5.25. The Bertz CT molecular complexity index is 652. The predicted octanol–water partition coefficient (Wildman–Crippen LogP) is 4.82. The SMILES string of the molecule is c1ccc2c(N3CCCCC3)cc(CN3CCCCC3)cc2c1. The molecule has 0 atom stereocenters. The van der Waals surface area contributed by atoms with E-state index in [9.17, 15) is 0 Å². The molecule has 0 radical (unpaired) electrons. The van der Waals surface area contributed by atoms with Crippen molar-refractivity contribution in [2.45, 2.75) is 45.1 Å². The average molecular weight is 308 g/mol. The van der Waals surface area contributed by atoms with Gasteiger partial charge in [0, 0.05) is 30.7 Å². The van der Waals surface area contributed by atoms with E-state index < -0.39 is 0 Å². The molecule has 0 amide bonds. The Hall–Kier alpha value is -1.54. The fourth-order valence-electron chi connectivity index (χ4n) is 4.21. The summed E-state index contributed by atoms with van der Waals surface area (Å²) in [7, 11) is 0. The van der Waals surface area contributed by atoms with Crippen LogP contribution in [0.2, 0.25) is 0 Å². The highest BCUT2D eigenvalue weighted by molar-refractivity contribution is 5.95. The third-order valence-electron chi connectivity index (χ3n) is 5.45. The lowest BCUT2D eigenvalue weighted by Gasteiger charge is -2.31. The molecule has 0 aromatic heterocycles. The van der Waals surface area contributed by atoms with Gasteiger partial charge in [0.25, 0.3) is 0 Å². The number of anilines is 1. The minimum atomic E-state index is 1.12. The molecule has 0 aliphatic carbocycles. The molecule has 2 aliphatic heterocycles. The van der Waals surface area contributed by atoms with Gasteiger partial charge in [0.05, 0.1) is 0 Å². The van der Waals surface area contributed by atoms with E-state index in [1.807, 2.05) is 0 Å². The van der Waals surface area contributed by atoms with Crippen LogP contribution in [0.4, 0.5) is 5.69 Å². The van der Waals surface area contributed by atoms with E-state index >= 15 is 0 Å². The summed E-state index contributed by atoms with van der Waals surface area (Å²) < 4.78 is 0. The number of benzene rings is 2. The van der Waals surface area contributed by atoms with E-state index in [2.05, 4.69) is 46.2 Å². The molecule has 2 heteroatoms. The van der Waals surface area contributed by atoms with Gasteiger partial charge in [0.15, 0.2) is 0 Å². The Labute approximate surface area is 140 Å². The van der Waals surface area contributed by atoms with Crippen LogP contribution in [-0.2, 0) is 6.54 Å². The molecule has 0 bridgehead atoms. The van der Waals surface area contributed by atoms with E-state index in [0.717, 1.165) is 6.54 Å². The molecule has 23 heavy (non-hydrogen) atoms. The highest BCUT2D eigenvalue weighted by Gasteiger charge is 2.16. The number of fused-ring (bicyclic) bond motifs is 1. The first-order valence-corrected chi connectivity index (χ1v) is 9.39. The molecule has 2 fully saturated rings. The van der Waals surface area contributed by atoms with Crippen LogP contribution in [-0.4, -0.2) is 31.1 Å². The van der Waals surface area contributed by atoms with Crippen molar-refractivity contribution in [1.82, 2.24) is 4.90 Å². The number of hydrogen-bond acceptors (Lipinski definition) is 2. The van der Waals surface area contributed by atoms with Crippen molar-refractivity contribution in [2.75, 3.05) is 31.1 Å². The van der Waals surface area contributed by atoms with Gasteiger partial charge >= 0.3 is 0 Å². The number of rotatable bonds is 3. The summed E-state index contributed by atoms with van der Waals surface area (Å²) in [6.45, 7) is 6.09. The summed E-state index contributed by atoms with van der Waals surface area (Å²) in [6, 6.07) is 13.8. The minimum Gasteiger partial charge on any atom is -0.371 e. The highest BCUT2D eigenvalue weighted by atomic mass is 15.1. The third-order valence-corrected chi connectivity index (χ3v) is 5.45. The van der Waals surface area contributed by atoms with Crippen LogP contribution >= 0.6 is 0 Å². The number of piperidine rings is 2. The summed E-state index contributed by atoms with van der Waals surface area (Å²) in [5.74, 6) is 0. The van der Waals surface area contributed by atoms with E-state index in [4.69, 9.17) is 0 Å². The predicted molar refractivity (Wildman–Crippen MR) is 99.1 cm³/mol. The van der Waals surface area contributed by atoms with E-state index in [0.29, 0.717) is 0 Å². The second-order valence-corrected chi connectivity index (χ2v) is 7.22. The molecule has 2 aliphatic rings. The van der Waals surface area contributed by atoms with Crippen molar-refractivity contribution in [3.63, 3.8) is 0 Å². The van der Waals surface area contributed by atoms with Crippen LogP contribution < -0.4 is 4.90 Å². The molecular formula is C21H28N2. The molecule has 4 rings (SSSR count). The van der Waals surface area contributed by atoms with Gasteiger partial charge in [0.1, 0.15) is 0 Å². The third kappa shape index (κ3) is 3.37. The largest absolute Gasteiger partial charge is 0.371 e. The van der Waals surface area contributed by atoms with Gasteiger partial charge in [-0.1, -0.05) is 30.7 Å². The van der Waals surface area contributed by atoms with E-state index in [1.165, 1.54) is 86.7 Å². The number of nitrogens with zero attached hydrogens (tertiary/aromatic N) is 2. The van der Waals surface area contributed by atoms with Crippen LogP contribution in [0, 0.1) is 0 Å².